The van der Waals surface area contributed by atoms with E-state index >= 15 is 0 Å². The average Bonchev–Trinajstić information content (AvgIpc) is 2.74. The molecule has 6 heteroatoms. The van der Waals surface area contributed by atoms with Gasteiger partial charge in [0.2, 0.25) is 0 Å². The normalized spacial score (nSPS) is 19.1. The van der Waals surface area contributed by atoms with Gasteiger partial charge in [0.1, 0.15) is 44.2 Å². The van der Waals surface area contributed by atoms with Crippen LogP contribution in [0, 0.1) is 0 Å². The van der Waals surface area contributed by atoms with E-state index in [0.717, 1.165) is 49.8 Å². The van der Waals surface area contributed by atoms with E-state index in [4.69, 9.17) is 9.47 Å². The molecule has 0 atom stereocenters. The van der Waals surface area contributed by atoms with E-state index in [-0.39, 0.29) is 5.91 Å². The first-order chi connectivity index (χ1) is 13.7. The van der Waals surface area contributed by atoms with E-state index < -0.39 is 0 Å². The molecule has 0 unspecified atom stereocenters. The molecular formula is C22H31N3O3+2. The Morgan fingerprint density at radius 2 is 1.57 bits per heavy atom. The molecule has 1 amide bonds. The van der Waals surface area contributed by atoms with Crippen molar-refractivity contribution >= 4 is 5.91 Å². The van der Waals surface area contributed by atoms with Crippen LogP contribution in [0.3, 0.4) is 0 Å². The van der Waals surface area contributed by atoms with Gasteiger partial charge in [0, 0.05) is 12.1 Å². The fraction of sp³-hybridized carbons (Fsp3) is 0.409. The lowest BCUT2D eigenvalue weighted by Crippen LogP contribution is -3.28. The Bertz CT molecular complexity index is 756. The minimum absolute atomic E-state index is 0.108. The Kier molecular flexibility index (Phi) is 7.28. The summed E-state index contributed by atoms with van der Waals surface area (Å²) in [5.41, 5.74) is 2.38. The van der Waals surface area contributed by atoms with Gasteiger partial charge in [-0.15, -0.1) is 0 Å². The lowest BCUT2D eigenvalue weighted by molar-refractivity contribution is -1.02. The van der Waals surface area contributed by atoms with Crippen molar-refractivity contribution in [1.29, 1.82) is 0 Å². The summed E-state index contributed by atoms with van der Waals surface area (Å²) in [7, 11) is 3.34. The second-order valence-electron chi connectivity index (χ2n) is 7.33. The van der Waals surface area contributed by atoms with Crippen LogP contribution in [0.1, 0.15) is 11.1 Å². The molecule has 28 heavy (non-hydrogen) atoms. The first-order valence-corrected chi connectivity index (χ1v) is 9.86. The number of carbonyl (C=O) groups excluding carboxylic acids is 1. The second kappa shape index (κ2) is 10.1. The van der Waals surface area contributed by atoms with Crippen LogP contribution in [0.5, 0.6) is 11.5 Å². The van der Waals surface area contributed by atoms with Crippen molar-refractivity contribution in [2.45, 2.75) is 13.1 Å². The van der Waals surface area contributed by atoms with Gasteiger partial charge < -0.3 is 24.6 Å². The van der Waals surface area contributed by atoms with Crippen molar-refractivity contribution in [3.63, 3.8) is 0 Å². The van der Waals surface area contributed by atoms with Gasteiger partial charge >= 0.3 is 0 Å². The fourth-order valence-electron chi connectivity index (χ4n) is 3.62. The molecule has 0 spiro atoms. The highest BCUT2D eigenvalue weighted by Gasteiger charge is 2.24. The largest absolute Gasteiger partial charge is 0.497 e. The summed E-state index contributed by atoms with van der Waals surface area (Å²) >= 11 is 0. The minimum atomic E-state index is 0.108. The van der Waals surface area contributed by atoms with E-state index in [1.54, 1.807) is 19.1 Å². The number of amides is 1. The summed E-state index contributed by atoms with van der Waals surface area (Å²) in [6.07, 6.45) is 0. The molecular weight excluding hydrogens is 354 g/mol. The van der Waals surface area contributed by atoms with Crippen molar-refractivity contribution in [3.05, 3.63) is 59.7 Å². The Hall–Kier alpha value is -2.57. The van der Waals surface area contributed by atoms with Gasteiger partial charge in [0.05, 0.1) is 14.2 Å². The molecule has 0 aliphatic carbocycles. The van der Waals surface area contributed by atoms with E-state index in [9.17, 15) is 4.79 Å². The molecule has 6 nitrogen and oxygen atoms in total. The zero-order valence-corrected chi connectivity index (χ0v) is 16.8. The Labute approximate surface area is 167 Å². The van der Waals surface area contributed by atoms with Gasteiger partial charge in [0.15, 0.2) is 6.54 Å². The number of carbonyl (C=O) groups is 1. The lowest BCUT2D eigenvalue weighted by Gasteiger charge is -2.29. The highest BCUT2D eigenvalue weighted by atomic mass is 16.5. The van der Waals surface area contributed by atoms with Gasteiger partial charge in [-0.1, -0.05) is 12.1 Å². The van der Waals surface area contributed by atoms with E-state index in [1.807, 2.05) is 36.4 Å². The highest BCUT2D eigenvalue weighted by molar-refractivity contribution is 5.76. The third-order valence-corrected chi connectivity index (χ3v) is 5.31. The fourth-order valence-corrected chi connectivity index (χ4v) is 3.62. The monoisotopic (exact) mass is 385 g/mol. The number of rotatable bonds is 8. The number of ether oxygens (including phenoxy) is 2. The smallest absolute Gasteiger partial charge is 0.275 e. The Balaban J connectivity index is 1.37. The van der Waals surface area contributed by atoms with Gasteiger partial charge in [-0.2, -0.15) is 0 Å². The number of benzene rings is 2. The maximum absolute atomic E-state index is 12.3. The van der Waals surface area contributed by atoms with Crippen molar-refractivity contribution in [1.82, 2.24) is 5.32 Å². The van der Waals surface area contributed by atoms with Gasteiger partial charge in [0.25, 0.3) is 5.91 Å². The minimum Gasteiger partial charge on any atom is -0.497 e. The molecule has 0 radical (unpaired) electrons. The number of nitrogens with one attached hydrogen (secondary N) is 3. The maximum atomic E-state index is 12.3. The predicted molar refractivity (Wildman–Crippen MR) is 108 cm³/mol. The number of methoxy groups -OCH3 is 2. The molecule has 3 rings (SSSR count). The summed E-state index contributed by atoms with van der Waals surface area (Å²) in [5, 5.41) is 3.03. The summed E-state index contributed by atoms with van der Waals surface area (Å²) in [6, 6.07) is 16.1. The van der Waals surface area contributed by atoms with Crippen LogP contribution in [-0.4, -0.2) is 52.9 Å². The number of piperazine rings is 1. The molecule has 0 saturated carbocycles. The van der Waals surface area contributed by atoms with Crippen LogP contribution in [0.2, 0.25) is 0 Å². The number of hydrogen-bond donors (Lipinski definition) is 3. The molecule has 1 saturated heterocycles. The van der Waals surface area contributed by atoms with E-state index in [1.165, 1.54) is 10.5 Å². The molecule has 1 fully saturated rings. The summed E-state index contributed by atoms with van der Waals surface area (Å²) < 4.78 is 10.4. The SMILES string of the molecule is COc1ccc(C[NH+]2CC[NH+](CC(=O)NCc3cccc(OC)c3)CC2)cc1. The summed E-state index contributed by atoms with van der Waals surface area (Å²) in [6.45, 7) is 6.34. The average molecular weight is 386 g/mol. The zero-order valence-electron chi connectivity index (χ0n) is 16.8. The van der Waals surface area contributed by atoms with Crippen molar-refractivity contribution < 1.29 is 24.1 Å². The van der Waals surface area contributed by atoms with Crippen LogP contribution in [0.4, 0.5) is 0 Å². The van der Waals surface area contributed by atoms with Gasteiger partial charge in [-0.05, 0) is 42.0 Å². The third-order valence-electron chi connectivity index (χ3n) is 5.31. The van der Waals surface area contributed by atoms with Crippen LogP contribution in [0.15, 0.2) is 48.5 Å². The molecule has 1 heterocycles. The maximum Gasteiger partial charge on any atom is 0.275 e. The molecule has 1 aliphatic rings. The molecule has 3 N–H and O–H groups in total. The van der Waals surface area contributed by atoms with Crippen LogP contribution in [0.25, 0.3) is 0 Å². The van der Waals surface area contributed by atoms with E-state index in [0.29, 0.717) is 13.1 Å². The number of quaternary nitrogens is 2. The van der Waals surface area contributed by atoms with Crippen LogP contribution >= 0.6 is 0 Å². The van der Waals surface area contributed by atoms with Gasteiger partial charge in [-0.25, -0.2) is 0 Å². The molecule has 0 aromatic heterocycles. The quantitative estimate of drug-likeness (QED) is 0.564. The van der Waals surface area contributed by atoms with Crippen molar-refractivity contribution in [2.24, 2.45) is 0 Å². The summed E-state index contributed by atoms with van der Waals surface area (Å²) in [5.74, 6) is 1.82. The first kappa shape index (κ1) is 20.2. The molecule has 150 valence electrons. The Morgan fingerprint density at radius 1 is 0.893 bits per heavy atom. The van der Waals surface area contributed by atoms with Crippen LogP contribution in [-0.2, 0) is 17.9 Å². The lowest BCUT2D eigenvalue weighted by atomic mass is 10.2. The standard InChI is InChI=1S/C22H29N3O3/c1-27-20-8-6-18(7-9-20)16-24-10-12-25(13-11-24)17-22(26)23-15-19-4-3-5-21(14-19)28-2/h3-9,14H,10-13,15-17H2,1-2H3,(H,23,26)/p+2. The topological polar surface area (TPSA) is 56.4 Å². The molecule has 2 aromatic carbocycles. The second-order valence-corrected chi connectivity index (χ2v) is 7.33. The van der Waals surface area contributed by atoms with E-state index in [2.05, 4.69) is 17.4 Å². The first-order valence-electron chi connectivity index (χ1n) is 9.86. The third kappa shape index (κ3) is 5.97. The predicted octanol–water partition coefficient (Wildman–Crippen LogP) is -0.696. The van der Waals surface area contributed by atoms with Crippen molar-refractivity contribution in [2.75, 3.05) is 46.9 Å². The highest BCUT2D eigenvalue weighted by Crippen LogP contribution is 2.12. The van der Waals surface area contributed by atoms with Crippen molar-refractivity contribution in [3.8, 4) is 11.5 Å². The number of hydrogen-bond acceptors (Lipinski definition) is 3. The molecule has 0 bridgehead atoms. The van der Waals surface area contributed by atoms with Crippen LogP contribution < -0.4 is 24.6 Å². The van der Waals surface area contributed by atoms with Gasteiger partial charge in [-0.3, -0.25) is 4.79 Å². The Morgan fingerprint density at radius 3 is 2.25 bits per heavy atom. The summed E-state index contributed by atoms with van der Waals surface area (Å²) in [4.78, 5) is 15.2. The zero-order chi connectivity index (χ0) is 19.8. The molecule has 1 aliphatic heterocycles. The molecule has 2 aromatic rings.